The van der Waals surface area contributed by atoms with Crippen molar-refractivity contribution >= 4 is 11.8 Å². The molecule has 0 atom stereocenters. The van der Waals surface area contributed by atoms with Gasteiger partial charge in [0.15, 0.2) is 0 Å². The summed E-state index contributed by atoms with van der Waals surface area (Å²) in [6, 6.07) is 3.75. The highest BCUT2D eigenvalue weighted by molar-refractivity contribution is 5.72. The van der Waals surface area contributed by atoms with Crippen molar-refractivity contribution < 1.29 is 9.90 Å². The van der Waals surface area contributed by atoms with E-state index in [2.05, 4.69) is 10.3 Å². The number of rotatable bonds is 3. The molecule has 1 rings (SSSR count). The normalized spacial score (nSPS) is 9.69. The molecule has 0 radical (unpaired) electrons. The second kappa shape index (κ2) is 3.89. The maximum Gasteiger partial charge on any atom is 0.322 e. The van der Waals surface area contributed by atoms with E-state index in [1.54, 1.807) is 0 Å². The van der Waals surface area contributed by atoms with E-state index in [0.717, 1.165) is 11.3 Å². The van der Waals surface area contributed by atoms with Crippen LogP contribution in [0.2, 0.25) is 0 Å². The Labute approximate surface area is 76.6 Å². The van der Waals surface area contributed by atoms with Crippen LogP contribution in [-0.4, -0.2) is 22.6 Å². The monoisotopic (exact) mass is 180 g/mol. The minimum Gasteiger partial charge on any atom is -0.480 e. The molecule has 0 aromatic carbocycles. The first-order valence-corrected chi connectivity index (χ1v) is 3.99. The first-order valence-electron chi connectivity index (χ1n) is 3.99. The van der Waals surface area contributed by atoms with Crippen LogP contribution in [0.5, 0.6) is 0 Å². The smallest absolute Gasteiger partial charge is 0.322 e. The number of hydrogen-bond acceptors (Lipinski definition) is 3. The first-order chi connectivity index (χ1) is 6.08. The predicted molar refractivity (Wildman–Crippen MR) is 49.8 cm³/mol. The van der Waals surface area contributed by atoms with Crippen LogP contribution in [0.25, 0.3) is 0 Å². The Morgan fingerprint density at radius 3 is 2.77 bits per heavy atom. The Balaban J connectivity index is 2.71. The fourth-order valence-corrected chi connectivity index (χ4v) is 1.10. The van der Waals surface area contributed by atoms with Gasteiger partial charge in [-0.3, -0.25) is 4.79 Å². The SMILES string of the molecule is Cc1cc(C)nc(NCC(=O)O)c1. The van der Waals surface area contributed by atoms with E-state index in [9.17, 15) is 4.79 Å². The highest BCUT2D eigenvalue weighted by atomic mass is 16.4. The van der Waals surface area contributed by atoms with Crippen molar-refractivity contribution in [2.24, 2.45) is 0 Å². The summed E-state index contributed by atoms with van der Waals surface area (Å²) < 4.78 is 0. The molecule has 0 aliphatic heterocycles. The molecule has 4 heteroatoms. The standard InChI is InChI=1S/C9H12N2O2/c1-6-3-7(2)11-8(4-6)10-5-9(12)13/h3-4H,5H2,1-2H3,(H,10,11)(H,12,13). The molecule has 0 saturated heterocycles. The van der Waals surface area contributed by atoms with Crippen LogP contribution >= 0.6 is 0 Å². The van der Waals surface area contributed by atoms with Crippen molar-refractivity contribution in [3.05, 3.63) is 23.4 Å². The molecule has 0 amide bonds. The zero-order chi connectivity index (χ0) is 9.84. The van der Waals surface area contributed by atoms with E-state index in [1.165, 1.54) is 0 Å². The summed E-state index contributed by atoms with van der Waals surface area (Å²) in [5, 5.41) is 11.1. The molecule has 0 bridgehead atoms. The molecule has 0 aliphatic carbocycles. The summed E-state index contributed by atoms with van der Waals surface area (Å²) in [7, 11) is 0. The lowest BCUT2D eigenvalue weighted by atomic mass is 10.2. The lowest BCUT2D eigenvalue weighted by Gasteiger charge is -2.04. The van der Waals surface area contributed by atoms with Crippen molar-refractivity contribution in [1.82, 2.24) is 4.98 Å². The Morgan fingerprint density at radius 1 is 1.54 bits per heavy atom. The number of nitrogens with zero attached hydrogens (tertiary/aromatic N) is 1. The van der Waals surface area contributed by atoms with Crippen LogP contribution < -0.4 is 5.32 Å². The van der Waals surface area contributed by atoms with Gasteiger partial charge < -0.3 is 10.4 Å². The zero-order valence-corrected chi connectivity index (χ0v) is 7.66. The van der Waals surface area contributed by atoms with E-state index < -0.39 is 5.97 Å². The Kier molecular flexibility index (Phi) is 2.84. The third-order valence-electron chi connectivity index (χ3n) is 1.52. The van der Waals surface area contributed by atoms with Crippen LogP contribution in [0.15, 0.2) is 12.1 Å². The summed E-state index contributed by atoms with van der Waals surface area (Å²) in [6.45, 7) is 3.72. The van der Waals surface area contributed by atoms with Crippen molar-refractivity contribution in [2.75, 3.05) is 11.9 Å². The molecule has 1 aromatic heterocycles. The topological polar surface area (TPSA) is 62.2 Å². The Bertz CT molecular complexity index is 303. The minimum absolute atomic E-state index is 0.101. The van der Waals surface area contributed by atoms with Crippen LogP contribution in [0.3, 0.4) is 0 Å². The number of aliphatic carboxylic acids is 1. The molecule has 1 aromatic rings. The quantitative estimate of drug-likeness (QED) is 0.733. The van der Waals surface area contributed by atoms with Gasteiger partial charge in [-0.2, -0.15) is 0 Å². The van der Waals surface area contributed by atoms with Crippen molar-refractivity contribution in [1.29, 1.82) is 0 Å². The molecule has 1 heterocycles. The maximum absolute atomic E-state index is 10.3. The molecular weight excluding hydrogens is 168 g/mol. The summed E-state index contributed by atoms with van der Waals surface area (Å²) in [5.74, 6) is -0.277. The molecule has 0 aliphatic rings. The van der Waals surface area contributed by atoms with Gasteiger partial charge in [0, 0.05) is 5.69 Å². The van der Waals surface area contributed by atoms with E-state index in [-0.39, 0.29) is 6.54 Å². The summed E-state index contributed by atoms with van der Waals surface area (Å²) in [4.78, 5) is 14.4. The number of carbonyl (C=O) groups is 1. The number of carboxylic acid groups (broad SMARTS) is 1. The van der Waals surface area contributed by atoms with Gasteiger partial charge in [0.25, 0.3) is 0 Å². The molecule has 70 valence electrons. The van der Waals surface area contributed by atoms with Gasteiger partial charge in [-0.25, -0.2) is 4.98 Å². The lowest BCUT2D eigenvalue weighted by molar-refractivity contribution is -0.134. The van der Waals surface area contributed by atoms with Gasteiger partial charge in [-0.15, -0.1) is 0 Å². The number of carboxylic acids is 1. The van der Waals surface area contributed by atoms with Crippen LogP contribution in [0.4, 0.5) is 5.82 Å². The van der Waals surface area contributed by atoms with E-state index in [1.807, 2.05) is 26.0 Å². The van der Waals surface area contributed by atoms with Gasteiger partial charge in [-0.05, 0) is 31.5 Å². The number of aryl methyl sites for hydroxylation is 2. The van der Waals surface area contributed by atoms with Gasteiger partial charge in [-0.1, -0.05) is 0 Å². The molecule has 2 N–H and O–H groups in total. The third kappa shape index (κ3) is 3.11. The average molecular weight is 180 g/mol. The second-order valence-corrected chi connectivity index (χ2v) is 2.92. The Hall–Kier alpha value is -1.58. The fourth-order valence-electron chi connectivity index (χ4n) is 1.10. The highest BCUT2D eigenvalue weighted by Crippen LogP contribution is 2.08. The van der Waals surface area contributed by atoms with Crippen LogP contribution in [-0.2, 0) is 4.79 Å². The van der Waals surface area contributed by atoms with Gasteiger partial charge >= 0.3 is 5.97 Å². The minimum atomic E-state index is -0.888. The number of aromatic nitrogens is 1. The molecule has 4 nitrogen and oxygen atoms in total. The molecule has 0 unspecified atom stereocenters. The molecule has 0 fully saturated rings. The molecule has 0 spiro atoms. The average Bonchev–Trinajstić information content (AvgIpc) is 1.99. The summed E-state index contributed by atoms with van der Waals surface area (Å²) >= 11 is 0. The number of hydrogen-bond donors (Lipinski definition) is 2. The number of anilines is 1. The molecular formula is C9H12N2O2. The van der Waals surface area contributed by atoms with Gasteiger partial charge in [0.1, 0.15) is 12.4 Å². The van der Waals surface area contributed by atoms with E-state index in [4.69, 9.17) is 5.11 Å². The van der Waals surface area contributed by atoms with Crippen molar-refractivity contribution in [3.63, 3.8) is 0 Å². The van der Waals surface area contributed by atoms with Gasteiger partial charge in [0.2, 0.25) is 0 Å². The zero-order valence-electron chi connectivity index (χ0n) is 7.66. The lowest BCUT2D eigenvalue weighted by Crippen LogP contribution is -2.13. The van der Waals surface area contributed by atoms with Crippen LogP contribution in [0.1, 0.15) is 11.3 Å². The predicted octanol–water partition coefficient (Wildman–Crippen LogP) is 1.19. The highest BCUT2D eigenvalue weighted by Gasteiger charge is 1.99. The maximum atomic E-state index is 10.3. The van der Waals surface area contributed by atoms with Crippen molar-refractivity contribution in [2.45, 2.75) is 13.8 Å². The van der Waals surface area contributed by atoms with E-state index >= 15 is 0 Å². The molecule has 0 saturated carbocycles. The summed E-state index contributed by atoms with van der Waals surface area (Å²) in [6.07, 6.45) is 0. The third-order valence-corrected chi connectivity index (χ3v) is 1.52. The van der Waals surface area contributed by atoms with Crippen LogP contribution in [0, 0.1) is 13.8 Å². The van der Waals surface area contributed by atoms with Gasteiger partial charge in [0.05, 0.1) is 0 Å². The van der Waals surface area contributed by atoms with Crippen molar-refractivity contribution in [3.8, 4) is 0 Å². The fraction of sp³-hybridized carbons (Fsp3) is 0.333. The van der Waals surface area contributed by atoms with E-state index in [0.29, 0.717) is 5.82 Å². The number of pyridine rings is 1. The first kappa shape index (κ1) is 9.51. The largest absolute Gasteiger partial charge is 0.480 e. The number of nitrogens with one attached hydrogen (secondary N) is 1. The summed E-state index contributed by atoms with van der Waals surface area (Å²) in [5.41, 5.74) is 1.95. The Morgan fingerprint density at radius 2 is 2.23 bits per heavy atom. The molecule has 13 heavy (non-hydrogen) atoms. The second-order valence-electron chi connectivity index (χ2n) is 2.92.